The largest absolute Gasteiger partial charge is 0.494 e. The molecule has 1 aromatic rings. The Morgan fingerprint density at radius 3 is 3.00 bits per heavy atom. The topological polar surface area (TPSA) is 29.5 Å². The summed E-state index contributed by atoms with van der Waals surface area (Å²) in [6.45, 7) is 6.90. The molecule has 1 aliphatic carbocycles. The number of benzene rings is 1. The molecule has 0 saturated carbocycles. The maximum atomic E-state index is 10.0. The number of rotatable bonds is 5. The van der Waals surface area contributed by atoms with E-state index in [2.05, 4.69) is 13.5 Å². The number of fused-ring (bicyclic) bond motifs is 1. The molecule has 1 N–H and O–H groups in total. The highest BCUT2D eigenvalue weighted by atomic mass is 16.5. The van der Waals surface area contributed by atoms with E-state index in [0.29, 0.717) is 0 Å². The third kappa shape index (κ3) is 3.60. The fourth-order valence-electron chi connectivity index (χ4n) is 2.50. The van der Waals surface area contributed by atoms with Crippen LogP contribution in [0.2, 0.25) is 0 Å². The minimum absolute atomic E-state index is 0. The van der Waals surface area contributed by atoms with Crippen LogP contribution in [0.15, 0.2) is 24.8 Å². The Labute approximate surface area is 117 Å². The number of hydrogen-bond donors (Lipinski definition) is 1. The minimum atomic E-state index is -0.322. The fraction of sp³-hybridized carbons (Fsp3) is 0.529. The van der Waals surface area contributed by atoms with Gasteiger partial charge < -0.3 is 9.84 Å². The molecule has 1 unspecified atom stereocenters. The highest BCUT2D eigenvalue weighted by Gasteiger charge is 2.21. The average molecular weight is 262 g/mol. The van der Waals surface area contributed by atoms with Crippen LogP contribution in [0, 0.1) is 0 Å². The lowest BCUT2D eigenvalue weighted by Crippen LogP contribution is -2.11. The molecule has 19 heavy (non-hydrogen) atoms. The van der Waals surface area contributed by atoms with Gasteiger partial charge in [-0.1, -0.05) is 45.5 Å². The molecule has 0 fully saturated rings. The summed E-state index contributed by atoms with van der Waals surface area (Å²) in [6.07, 6.45) is 4.76. The van der Waals surface area contributed by atoms with Crippen molar-refractivity contribution in [2.75, 3.05) is 6.61 Å². The predicted octanol–water partition coefficient (Wildman–Crippen LogP) is 4.48. The molecule has 1 atom stereocenters. The van der Waals surface area contributed by atoms with E-state index in [4.69, 9.17) is 4.74 Å². The number of ether oxygens (including phenoxy) is 1. The molecule has 1 aromatic carbocycles. The summed E-state index contributed by atoms with van der Waals surface area (Å²) in [4.78, 5) is 0. The molecule has 0 saturated heterocycles. The van der Waals surface area contributed by atoms with E-state index >= 15 is 0 Å². The third-order valence-electron chi connectivity index (χ3n) is 3.55. The van der Waals surface area contributed by atoms with E-state index in [1.54, 1.807) is 0 Å². The molecule has 2 rings (SSSR count). The minimum Gasteiger partial charge on any atom is -0.494 e. The van der Waals surface area contributed by atoms with Crippen LogP contribution >= 0.6 is 0 Å². The number of unbranched alkanes of at least 4 members (excludes halogenated alkanes) is 1. The number of aliphatic hydroxyl groups is 1. The first-order valence-corrected chi connectivity index (χ1v) is 6.86. The van der Waals surface area contributed by atoms with Crippen molar-refractivity contribution >= 4 is 5.76 Å². The number of aliphatic hydroxyl groups excluding tert-OH is 1. The standard InChI is InChI=1S/C16H22O2.CH4/c1-3-4-11-18-12(2)13-7-5-9-15-14(13)8-6-10-16(15)17;/h5,7,9,16-17H,2-4,6,8,10-11H2,1H3;1H4. The van der Waals surface area contributed by atoms with E-state index in [0.717, 1.165) is 55.6 Å². The molecule has 0 aromatic heterocycles. The van der Waals surface area contributed by atoms with Crippen LogP contribution in [0.4, 0.5) is 0 Å². The zero-order valence-electron chi connectivity index (χ0n) is 11.1. The average Bonchev–Trinajstić information content (AvgIpc) is 2.39. The second kappa shape index (κ2) is 7.34. The molecule has 0 aliphatic heterocycles. The first kappa shape index (κ1) is 15.8. The molecule has 106 valence electrons. The van der Waals surface area contributed by atoms with Crippen molar-refractivity contribution in [3.63, 3.8) is 0 Å². The summed E-state index contributed by atoms with van der Waals surface area (Å²) in [7, 11) is 0. The summed E-state index contributed by atoms with van der Waals surface area (Å²) in [6, 6.07) is 6.05. The van der Waals surface area contributed by atoms with E-state index in [1.165, 1.54) is 5.56 Å². The van der Waals surface area contributed by atoms with Crippen LogP contribution in [0.5, 0.6) is 0 Å². The second-order valence-corrected chi connectivity index (χ2v) is 4.91. The highest BCUT2D eigenvalue weighted by Crippen LogP contribution is 2.34. The van der Waals surface area contributed by atoms with Gasteiger partial charge in [0.05, 0.1) is 12.7 Å². The van der Waals surface area contributed by atoms with Crippen molar-refractivity contribution in [1.29, 1.82) is 0 Å². The molecular formula is C17H26O2. The van der Waals surface area contributed by atoms with E-state index < -0.39 is 0 Å². The van der Waals surface area contributed by atoms with Gasteiger partial charge in [-0.2, -0.15) is 0 Å². The predicted molar refractivity (Wildman–Crippen MR) is 81.0 cm³/mol. The Balaban J connectivity index is 0.00000180. The van der Waals surface area contributed by atoms with Crippen molar-refractivity contribution in [2.45, 2.75) is 52.6 Å². The summed E-state index contributed by atoms with van der Waals surface area (Å²) in [5.41, 5.74) is 3.35. The summed E-state index contributed by atoms with van der Waals surface area (Å²) in [5.74, 6) is 0.745. The highest BCUT2D eigenvalue weighted by molar-refractivity contribution is 5.63. The van der Waals surface area contributed by atoms with Gasteiger partial charge in [-0.25, -0.2) is 0 Å². The molecule has 2 heteroatoms. The van der Waals surface area contributed by atoms with Crippen LogP contribution in [-0.2, 0) is 11.2 Å². The Kier molecular flexibility index (Phi) is 6.10. The van der Waals surface area contributed by atoms with E-state index in [9.17, 15) is 5.11 Å². The van der Waals surface area contributed by atoms with Crippen LogP contribution < -0.4 is 0 Å². The molecular weight excluding hydrogens is 236 g/mol. The smallest absolute Gasteiger partial charge is 0.119 e. The van der Waals surface area contributed by atoms with Gasteiger partial charge in [-0.05, 0) is 36.8 Å². The number of hydrogen-bond acceptors (Lipinski definition) is 2. The maximum Gasteiger partial charge on any atom is 0.119 e. The monoisotopic (exact) mass is 262 g/mol. The Hall–Kier alpha value is -1.28. The zero-order chi connectivity index (χ0) is 13.0. The normalized spacial score (nSPS) is 17.3. The van der Waals surface area contributed by atoms with Crippen LogP contribution in [0.1, 0.15) is 62.8 Å². The summed E-state index contributed by atoms with van der Waals surface area (Å²) < 4.78 is 5.69. The molecule has 0 radical (unpaired) electrons. The van der Waals surface area contributed by atoms with Gasteiger partial charge in [0.1, 0.15) is 5.76 Å². The van der Waals surface area contributed by atoms with Crippen molar-refractivity contribution in [3.05, 3.63) is 41.5 Å². The fourth-order valence-corrected chi connectivity index (χ4v) is 2.50. The quantitative estimate of drug-likeness (QED) is 0.626. The van der Waals surface area contributed by atoms with Crippen LogP contribution in [0.3, 0.4) is 0 Å². The summed E-state index contributed by atoms with van der Waals surface area (Å²) in [5, 5.41) is 10.0. The van der Waals surface area contributed by atoms with Gasteiger partial charge in [0.2, 0.25) is 0 Å². The van der Waals surface area contributed by atoms with Crippen LogP contribution in [0.25, 0.3) is 5.76 Å². The first-order chi connectivity index (χ1) is 8.74. The molecule has 1 aliphatic rings. The lowest BCUT2D eigenvalue weighted by molar-refractivity contribution is 0.156. The Morgan fingerprint density at radius 2 is 2.26 bits per heavy atom. The molecule has 0 spiro atoms. The maximum absolute atomic E-state index is 10.0. The van der Waals surface area contributed by atoms with E-state index in [1.807, 2.05) is 18.2 Å². The lowest BCUT2D eigenvalue weighted by Gasteiger charge is -2.24. The second-order valence-electron chi connectivity index (χ2n) is 4.91. The summed E-state index contributed by atoms with van der Waals surface area (Å²) >= 11 is 0. The van der Waals surface area contributed by atoms with Gasteiger partial charge in [-0.15, -0.1) is 0 Å². The Bertz CT molecular complexity index is 423. The van der Waals surface area contributed by atoms with Crippen molar-refractivity contribution in [2.24, 2.45) is 0 Å². The molecule has 0 bridgehead atoms. The molecule has 0 amide bonds. The molecule has 0 heterocycles. The van der Waals surface area contributed by atoms with Crippen molar-refractivity contribution in [3.8, 4) is 0 Å². The zero-order valence-corrected chi connectivity index (χ0v) is 11.1. The van der Waals surface area contributed by atoms with Crippen molar-refractivity contribution in [1.82, 2.24) is 0 Å². The first-order valence-electron chi connectivity index (χ1n) is 6.86. The van der Waals surface area contributed by atoms with Crippen LogP contribution in [-0.4, -0.2) is 11.7 Å². The van der Waals surface area contributed by atoms with Gasteiger partial charge in [0, 0.05) is 5.56 Å². The van der Waals surface area contributed by atoms with E-state index in [-0.39, 0.29) is 13.5 Å². The van der Waals surface area contributed by atoms with Gasteiger partial charge in [0.25, 0.3) is 0 Å². The lowest BCUT2D eigenvalue weighted by atomic mass is 9.86. The Morgan fingerprint density at radius 1 is 1.47 bits per heavy atom. The third-order valence-corrected chi connectivity index (χ3v) is 3.55. The van der Waals surface area contributed by atoms with Gasteiger partial charge in [-0.3, -0.25) is 0 Å². The van der Waals surface area contributed by atoms with Gasteiger partial charge in [0.15, 0.2) is 0 Å². The molecule has 2 nitrogen and oxygen atoms in total. The SMILES string of the molecule is C.C=C(OCCCC)c1cccc2c1CCCC2O. The van der Waals surface area contributed by atoms with Gasteiger partial charge >= 0.3 is 0 Å². The van der Waals surface area contributed by atoms with Crippen molar-refractivity contribution < 1.29 is 9.84 Å².